The Kier molecular flexibility index (Phi) is 3.60. The van der Waals surface area contributed by atoms with Crippen LogP contribution < -0.4 is 4.90 Å². The highest BCUT2D eigenvalue weighted by Crippen LogP contribution is 2.38. The van der Waals surface area contributed by atoms with Crippen LogP contribution in [0.3, 0.4) is 0 Å². The first-order valence-corrected chi connectivity index (χ1v) is 7.09. The quantitative estimate of drug-likeness (QED) is 0.825. The van der Waals surface area contributed by atoms with E-state index in [0.717, 1.165) is 31.4 Å². The second-order valence-corrected chi connectivity index (χ2v) is 5.45. The molecule has 0 aromatic carbocycles. The van der Waals surface area contributed by atoms with Crippen molar-refractivity contribution >= 4 is 5.69 Å². The van der Waals surface area contributed by atoms with E-state index in [1.165, 1.54) is 0 Å². The molecule has 0 amide bonds. The minimum atomic E-state index is -0.329. The van der Waals surface area contributed by atoms with Crippen LogP contribution in [-0.4, -0.2) is 37.1 Å². The molecule has 0 N–H and O–H groups in total. The lowest BCUT2D eigenvalue weighted by Crippen LogP contribution is -2.43. The maximum atomic E-state index is 9.19. The molecule has 0 bridgehead atoms. The Morgan fingerprint density at radius 3 is 2.70 bits per heavy atom. The van der Waals surface area contributed by atoms with Gasteiger partial charge in [0.15, 0.2) is 5.79 Å². The van der Waals surface area contributed by atoms with Gasteiger partial charge in [-0.25, -0.2) is 0 Å². The van der Waals surface area contributed by atoms with Gasteiger partial charge in [0.25, 0.3) is 0 Å². The van der Waals surface area contributed by atoms with Crippen LogP contribution in [0.15, 0.2) is 18.5 Å². The van der Waals surface area contributed by atoms with Crippen molar-refractivity contribution in [2.24, 2.45) is 0 Å². The molecule has 106 valence electrons. The van der Waals surface area contributed by atoms with E-state index in [0.29, 0.717) is 24.8 Å². The van der Waals surface area contributed by atoms with Crippen LogP contribution in [0, 0.1) is 11.3 Å². The molecular weight excluding hydrogens is 254 g/mol. The first-order chi connectivity index (χ1) is 9.74. The van der Waals surface area contributed by atoms with Crippen molar-refractivity contribution in [2.75, 3.05) is 25.2 Å². The van der Waals surface area contributed by atoms with Gasteiger partial charge >= 0.3 is 0 Å². The monoisotopic (exact) mass is 273 g/mol. The Balaban J connectivity index is 1.70. The topological polar surface area (TPSA) is 58.4 Å². The van der Waals surface area contributed by atoms with Crippen molar-refractivity contribution in [1.29, 1.82) is 5.26 Å². The number of nitriles is 1. The van der Waals surface area contributed by atoms with Gasteiger partial charge in [-0.3, -0.25) is 4.98 Å². The summed E-state index contributed by atoms with van der Waals surface area (Å²) in [4.78, 5) is 6.31. The van der Waals surface area contributed by atoms with Crippen LogP contribution in [0.2, 0.25) is 0 Å². The zero-order valence-electron chi connectivity index (χ0n) is 11.7. The zero-order chi connectivity index (χ0) is 14.0. The summed E-state index contributed by atoms with van der Waals surface area (Å²) in [5.74, 6) is -0.329. The molecule has 1 spiro atoms. The lowest BCUT2D eigenvalue weighted by molar-refractivity contribution is -0.178. The summed E-state index contributed by atoms with van der Waals surface area (Å²) in [7, 11) is 2.04. The molecule has 5 nitrogen and oxygen atoms in total. The molecule has 2 fully saturated rings. The maximum Gasteiger partial charge on any atom is 0.168 e. The number of hydrogen-bond donors (Lipinski definition) is 0. The third-order valence-corrected chi connectivity index (χ3v) is 4.38. The number of pyridine rings is 1. The molecule has 20 heavy (non-hydrogen) atoms. The summed E-state index contributed by atoms with van der Waals surface area (Å²) >= 11 is 0. The molecule has 0 atom stereocenters. The van der Waals surface area contributed by atoms with E-state index in [-0.39, 0.29) is 5.79 Å². The van der Waals surface area contributed by atoms with Crippen molar-refractivity contribution in [3.05, 3.63) is 24.0 Å². The second-order valence-electron chi connectivity index (χ2n) is 5.45. The number of anilines is 1. The third-order valence-electron chi connectivity index (χ3n) is 4.38. The van der Waals surface area contributed by atoms with Gasteiger partial charge < -0.3 is 14.4 Å². The molecule has 1 aromatic rings. The third kappa shape index (κ3) is 2.37. The van der Waals surface area contributed by atoms with E-state index >= 15 is 0 Å². The van der Waals surface area contributed by atoms with Crippen LogP contribution in [0.25, 0.3) is 0 Å². The Hall–Kier alpha value is -1.64. The van der Waals surface area contributed by atoms with Gasteiger partial charge in [-0.1, -0.05) is 0 Å². The van der Waals surface area contributed by atoms with Gasteiger partial charge in [0, 0.05) is 32.1 Å². The van der Waals surface area contributed by atoms with Gasteiger partial charge in [-0.15, -0.1) is 0 Å². The minimum Gasteiger partial charge on any atom is -0.369 e. The molecule has 2 aliphatic rings. The molecular formula is C15H19N3O2. The molecule has 0 radical (unpaired) electrons. The van der Waals surface area contributed by atoms with Crippen LogP contribution in [0.1, 0.15) is 31.2 Å². The van der Waals surface area contributed by atoms with Crippen LogP contribution in [0.4, 0.5) is 5.69 Å². The van der Waals surface area contributed by atoms with Crippen molar-refractivity contribution in [1.82, 2.24) is 4.98 Å². The minimum absolute atomic E-state index is 0.329. The lowest BCUT2D eigenvalue weighted by Gasteiger charge is -2.39. The van der Waals surface area contributed by atoms with Crippen molar-refractivity contribution in [3.8, 4) is 6.07 Å². The summed E-state index contributed by atoms with van der Waals surface area (Å²) in [5.41, 5.74) is 1.58. The summed E-state index contributed by atoms with van der Waals surface area (Å²) in [6.07, 6.45) is 7.29. The predicted molar refractivity (Wildman–Crippen MR) is 74.2 cm³/mol. The molecule has 0 unspecified atom stereocenters. The highest BCUT2D eigenvalue weighted by Gasteiger charge is 2.41. The SMILES string of the molecule is CN(c1cnccc1C#N)C1CCC2(CC1)OCCO2. The van der Waals surface area contributed by atoms with Gasteiger partial charge in [-0.2, -0.15) is 5.26 Å². The first kappa shape index (κ1) is 13.3. The number of aromatic nitrogens is 1. The van der Waals surface area contributed by atoms with Crippen molar-refractivity contribution < 1.29 is 9.47 Å². The van der Waals surface area contributed by atoms with E-state index in [9.17, 15) is 5.26 Å². The molecule has 5 heteroatoms. The smallest absolute Gasteiger partial charge is 0.168 e. The Bertz CT molecular complexity index is 510. The molecule has 1 aliphatic heterocycles. The Labute approximate surface area is 119 Å². The van der Waals surface area contributed by atoms with Crippen LogP contribution >= 0.6 is 0 Å². The standard InChI is InChI=1S/C15H19N3O2/c1-18(14-11-17-7-4-12(14)10-16)13-2-5-15(6-3-13)19-8-9-20-15/h4,7,11,13H,2-3,5-6,8-9H2,1H3. The van der Waals surface area contributed by atoms with Gasteiger partial charge in [-0.05, 0) is 18.9 Å². The zero-order valence-corrected chi connectivity index (χ0v) is 11.7. The van der Waals surface area contributed by atoms with E-state index in [1.807, 2.05) is 7.05 Å². The highest BCUT2D eigenvalue weighted by atomic mass is 16.7. The molecule has 1 saturated carbocycles. The van der Waals surface area contributed by atoms with E-state index in [1.54, 1.807) is 18.5 Å². The Morgan fingerprint density at radius 2 is 2.05 bits per heavy atom. The summed E-state index contributed by atoms with van der Waals surface area (Å²) < 4.78 is 11.5. The van der Waals surface area contributed by atoms with E-state index in [2.05, 4.69) is 16.0 Å². The fourth-order valence-electron chi connectivity index (χ4n) is 3.17. The summed E-state index contributed by atoms with van der Waals surface area (Å²) in [6.45, 7) is 1.42. The lowest BCUT2D eigenvalue weighted by atomic mass is 9.89. The van der Waals surface area contributed by atoms with Crippen LogP contribution in [0.5, 0.6) is 0 Å². The predicted octanol–water partition coefficient (Wildman–Crippen LogP) is 2.08. The van der Waals surface area contributed by atoms with Crippen LogP contribution in [-0.2, 0) is 9.47 Å². The van der Waals surface area contributed by atoms with E-state index < -0.39 is 0 Å². The largest absolute Gasteiger partial charge is 0.369 e. The number of ether oxygens (including phenoxy) is 2. The average Bonchev–Trinajstić information content (AvgIpc) is 2.95. The molecule has 3 rings (SSSR count). The summed E-state index contributed by atoms with van der Waals surface area (Å²) in [5, 5.41) is 9.19. The van der Waals surface area contributed by atoms with Crippen molar-refractivity contribution in [2.45, 2.75) is 37.5 Å². The Morgan fingerprint density at radius 1 is 1.35 bits per heavy atom. The highest BCUT2D eigenvalue weighted by molar-refractivity contribution is 5.57. The normalized spacial score (nSPS) is 21.8. The van der Waals surface area contributed by atoms with Crippen molar-refractivity contribution in [3.63, 3.8) is 0 Å². The summed E-state index contributed by atoms with van der Waals surface area (Å²) in [6, 6.07) is 4.40. The number of nitrogens with zero attached hydrogens (tertiary/aromatic N) is 3. The van der Waals surface area contributed by atoms with Gasteiger partial charge in [0.2, 0.25) is 0 Å². The van der Waals surface area contributed by atoms with Gasteiger partial charge in [0.05, 0.1) is 30.7 Å². The molecule has 1 saturated heterocycles. The van der Waals surface area contributed by atoms with E-state index in [4.69, 9.17) is 9.47 Å². The molecule has 1 aliphatic carbocycles. The maximum absolute atomic E-state index is 9.19. The second kappa shape index (κ2) is 5.39. The first-order valence-electron chi connectivity index (χ1n) is 7.09. The molecule has 2 heterocycles. The van der Waals surface area contributed by atoms with Gasteiger partial charge in [0.1, 0.15) is 6.07 Å². The average molecular weight is 273 g/mol. The number of rotatable bonds is 2. The molecule has 1 aromatic heterocycles. The fourth-order valence-corrected chi connectivity index (χ4v) is 3.17. The number of hydrogen-bond acceptors (Lipinski definition) is 5. The fraction of sp³-hybridized carbons (Fsp3) is 0.600.